The molecule has 23 heavy (non-hydrogen) atoms. The Morgan fingerprint density at radius 3 is 1.96 bits per heavy atom. The monoisotopic (exact) mass is 347 g/mol. The first-order valence-corrected chi connectivity index (χ1v) is 8.52. The van der Waals surface area contributed by atoms with Gasteiger partial charge in [0.15, 0.2) is 0 Å². The lowest BCUT2D eigenvalue weighted by molar-refractivity contribution is -0.143. The van der Waals surface area contributed by atoms with Crippen LogP contribution in [-0.2, 0) is 14.4 Å². The maximum atomic E-state index is 12.2. The average molecular weight is 347 g/mol. The first-order chi connectivity index (χ1) is 10.7. The highest BCUT2D eigenvalue weighted by atomic mass is 32.1. The molecule has 0 aromatic rings. The van der Waals surface area contributed by atoms with E-state index in [9.17, 15) is 19.5 Å². The molecule has 0 spiro atoms. The van der Waals surface area contributed by atoms with Crippen LogP contribution < -0.4 is 16.4 Å². The Labute approximate surface area is 143 Å². The van der Waals surface area contributed by atoms with E-state index in [1.807, 2.05) is 20.8 Å². The van der Waals surface area contributed by atoms with E-state index in [4.69, 9.17) is 5.73 Å². The summed E-state index contributed by atoms with van der Waals surface area (Å²) in [5.41, 5.74) is 5.83. The van der Waals surface area contributed by atoms with E-state index in [-0.39, 0.29) is 17.6 Å². The minimum atomic E-state index is -1.10. The smallest absolute Gasteiger partial charge is 0.326 e. The lowest BCUT2D eigenvalue weighted by Crippen LogP contribution is -2.57. The summed E-state index contributed by atoms with van der Waals surface area (Å²) in [4.78, 5) is 35.6. The predicted molar refractivity (Wildman–Crippen MR) is 92.2 cm³/mol. The molecule has 0 aliphatic heterocycles. The van der Waals surface area contributed by atoms with Gasteiger partial charge in [0.2, 0.25) is 11.8 Å². The van der Waals surface area contributed by atoms with Crippen LogP contribution in [0.2, 0.25) is 0 Å². The van der Waals surface area contributed by atoms with Crippen molar-refractivity contribution in [2.24, 2.45) is 17.6 Å². The number of rotatable bonds is 10. The Balaban J connectivity index is 4.86. The van der Waals surface area contributed by atoms with Gasteiger partial charge in [0.25, 0.3) is 0 Å². The minimum Gasteiger partial charge on any atom is -0.480 e. The molecule has 0 aliphatic carbocycles. The molecule has 0 saturated heterocycles. The van der Waals surface area contributed by atoms with Gasteiger partial charge in [-0.05, 0) is 11.8 Å². The Kier molecular flexibility index (Phi) is 9.90. The second kappa shape index (κ2) is 10.5. The summed E-state index contributed by atoms with van der Waals surface area (Å²) in [5, 5.41) is 14.2. The zero-order chi connectivity index (χ0) is 18.2. The van der Waals surface area contributed by atoms with Gasteiger partial charge in [0, 0.05) is 5.75 Å². The highest BCUT2D eigenvalue weighted by molar-refractivity contribution is 7.80. The molecule has 7 nitrogen and oxygen atoms in total. The fourth-order valence-electron chi connectivity index (χ4n) is 1.91. The number of carbonyl (C=O) groups is 3. The number of carbonyl (C=O) groups excluding carboxylic acids is 2. The molecule has 0 bridgehead atoms. The number of thiol groups is 1. The highest BCUT2D eigenvalue weighted by Gasteiger charge is 2.30. The van der Waals surface area contributed by atoms with Gasteiger partial charge in [-0.3, -0.25) is 9.59 Å². The highest BCUT2D eigenvalue weighted by Crippen LogP contribution is 2.09. The van der Waals surface area contributed by atoms with Crippen molar-refractivity contribution in [3.63, 3.8) is 0 Å². The molecular formula is C15H29N3O4S. The first kappa shape index (κ1) is 21.7. The molecule has 134 valence electrons. The van der Waals surface area contributed by atoms with Crippen molar-refractivity contribution in [1.29, 1.82) is 0 Å². The van der Waals surface area contributed by atoms with Crippen molar-refractivity contribution in [2.45, 2.75) is 58.7 Å². The van der Waals surface area contributed by atoms with Gasteiger partial charge >= 0.3 is 5.97 Å². The van der Waals surface area contributed by atoms with E-state index in [2.05, 4.69) is 23.3 Å². The normalized spacial score (nSPS) is 17.5. The molecule has 0 radical (unpaired) electrons. The molecular weight excluding hydrogens is 318 g/mol. The Morgan fingerprint density at radius 2 is 1.57 bits per heavy atom. The van der Waals surface area contributed by atoms with Gasteiger partial charge in [-0.15, -0.1) is 0 Å². The molecule has 5 N–H and O–H groups in total. The van der Waals surface area contributed by atoms with Crippen molar-refractivity contribution in [1.82, 2.24) is 10.6 Å². The summed E-state index contributed by atoms with van der Waals surface area (Å²) < 4.78 is 0. The topological polar surface area (TPSA) is 122 Å². The summed E-state index contributed by atoms with van der Waals surface area (Å²) in [5.74, 6) is -2.31. The van der Waals surface area contributed by atoms with E-state index in [1.165, 1.54) is 0 Å². The Morgan fingerprint density at radius 1 is 1.04 bits per heavy atom. The van der Waals surface area contributed by atoms with Crippen molar-refractivity contribution in [2.75, 3.05) is 5.75 Å². The number of nitrogens with two attached hydrogens (primary N) is 1. The lowest BCUT2D eigenvalue weighted by atomic mass is 9.98. The minimum absolute atomic E-state index is 0.0227. The van der Waals surface area contributed by atoms with E-state index in [1.54, 1.807) is 6.92 Å². The van der Waals surface area contributed by atoms with E-state index < -0.39 is 35.9 Å². The summed E-state index contributed by atoms with van der Waals surface area (Å²) in [7, 11) is 0. The van der Waals surface area contributed by atoms with Crippen LogP contribution in [-0.4, -0.2) is 46.8 Å². The third-order valence-electron chi connectivity index (χ3n) is 4.15. The third-order valence-corrected chi connectivity index (χ3v) is 4.52. The fourth-order valence-corrected chi connectivity index (χ4v) is 2.17. The van der Waals surface area contributed by atoms with Crippen LogP contribution in [0.4, 0.5) is 0 Å². The van der Waals surface area contributed by atoms with E-state index in [0.717, 1.165) is 6.42 Å². The molecule has 0 heterocycles. The molecule has 8 heteroatoms. The number of aliphatic carboxylic acids is 1. The predicted octanol–water partition coefficient (Wildman–Crippen LogP) is 0.390. The Hall–Kier alpha value is -1.28. The molecule has 0 rings (SSSR count). The van der Waals surface area contributed by atoms with Crippen molar-refractivity contribution >= 4 is 30.4 Å². The van der Waals surface area contributed by atoms with Gasteiger partial charge in [0.1, 0.15) is 12.1 Å². The molecule has 2 amide bonds. The second-order valence-electron chi connectivity index (χ2n) is 5.87. The van der Waals surface area contributed by atoms with Crippen molar-refractivity contribution < 1.29 is 19.5 Å². The molecule has 0 aliphatic rings. The molecule has 0 saturated carbocycles. The summed E-state index contributed by atoms with van der Waals surface area (Å²) in [6.45, 7) is 7.36. The van der Waals surface area contributed by atoms with Crippen LogP contribution >= 0.6 is 12.6 Å². The SMILES string of the molecule is CC[C@H](C)[C@H](N)C(=O)N[C@@H](CS)C(=O)N[C@H](C(=O)O)[C@@H](C)CC. The maximum absolute atomic E-state index is 12.2. The summed E-state index contributed by atoms with van der Waals surface area (Å²) in [6, 6.07) is -2.65. The first-order valence-electron chi connectivity index (χ1n) is 7.89. The van der Waals surface area contributed by atoms with Crippen molar-refractivity contribution in [3.05, 3.63) is 0 Å². The molecule has 5 atom stereocenters. The second-order valence-corrected chi connectivity index (χ2v) is 6.23. The largest absolute Gasteiger partial charge is 0.480 e. The number of nitrogens with one attached hydrogen (secondary N) is 2. The summed E-state index contributed by atoms with van der Waals surface area (Å²) in [6.07, 6.45) is 1.34. The number of hydrogen-bond acceptors (Lipinski definition) is 5. The van der Waals surface area contributed by atoms with E-state index >= 15 is 0 Å². The average Bonchev–Trinajstić information content (AvgIpc) is 2.54. The van der Waals surface area contributed by atoms with Crippen LogP contribution in [0.5, 0.6) is 0 Å². The van der Waals surface area contributed by atoms with Crippen LogP contribution in [0, 0.1) is 11.8 Å². The zero-order valence-corrected chi connectivity index (χ0v) is 15.1. The fraction of sp³-hybridized carbons (Fsp3) is 0.800. The number of amides is 2. The van der Waals surface area contributed by atoms with Crippen molar-refractivity contribution in [3.8, 4) is 0 Å². The van der Waals surface area contributed by atoms with Gasteiger partial charge in [-0.1, -0.05) is 40.5 Å². The molecule has 0 fully saturated rings. The maximum Gasteiger partial charge on any atom is 0.326 e. The lowest BCUT2D eigenvalue weighted by Gasteiger charge is -2.25. The van der Waals surface area contributed by atoms with Gasteiger partial charge in [0.05, 0.1) is 6.04 Å². The third kappa shape index (κ3) is 6.78. The quantitative estimate of drug-likeness (QED) is 0.366. The van der Waals surface area contributed by atoms with Crippen LogP contribution in [0.3, 0.4) is 0 Å². The van der Waals surface area contributed by atoms with Crippen LogP contribution in [0.1, 0.15) is 40.5 Å². The van der Waals surface area contributed by atoms with Crippen LogP contribution in [0.25, 0.3) is 0 Å². The standard InChI is InChI=1S/C15H29N3O4S/c1-5-8(3)11(16)14(20)17-10(7-23)13(19)18-12(15(21)22)9(4)6-2/h8-12,23H,5-7,16H2,1-4H3,(H,17,20)(H,18,19)(H,21,22)/t8-,9-,10-,11-,12-/m0/s1. The zero-order valence-electron chi connectivity index (χ0n) is 14.2. The number of hydrogen-bond donors (Lipinski definition) is 5. The van der Waals surface area contributed by atoms with E-state index in [0.29, 0.717) is 6.42 Å². The molecule has 0 unspecified atom stereocenters. The summed E-state index contributed by atoms with van der Waals surface area (Å²) >= 11 is 4.06. The Bertz CT molecular complexity index is 420. The van der Waals surface area contributed by atoms with Gasteiger partial charge in [-0.2, -0.15) is 12.6 Å². The van der Waals surface area contributed by atoms with Gasteiger partial charge in [-0.25, -0.2) is 4.79 Å². The molecule has 0 aromatic carbocycles. The molecule has 0 aromatic heterocycles. The van der Waals surface area contributed by atoms with Gasteiger partial charge < -0.3 is 21.5 Å². The number of carboxylic acids is 1. The number of carboxylic acid groups (broad SMARTS) is 1. The van der Waals surface area contributed by atoms with Crippen LogP contribution in [0.15, 0.2) is 0 Å².